The van der Waals surface area contributed by atoms with E-state index in [2.05, 4.69) is 46.8 Å². The molecule has 7 heteroatoms. The second-order valence-corrected chi connectivity index (χ2v) is 8.54. The third-order valence-corrected chi connectivity index (χ3v) is 5.63. The van der Waals surface area contributed by atoms with E-state index in [0.29, 0.717) is 25.1 Å². The third-order valence-electron chi connectivity index (χ3n) is 5.63. The number of fused-ring (bicyclic) bond motifs is 1. The quantitative estimate of drug-likeness (QED) is 0.785. The summed E-state index contributed by atoms with van der Waals surface area (Å²) in [5.74, 6) is 2.11. The summed E-state index contributed by atoms with van der Waals surface area (Å²) in [7, 11) is 0. The number of anilines is 1. The van der Waals surface area contributed by atoms with E-state index in [0.717, 1.165) is 69.2 Å². The molecule has 0 atom stereocenters. The minimum Gasteiger partial charge on any atom is -0.493 e. The van der Waals surface area contributed by atoms with Crippen molar-refractivity contribution in [1.82, 2.24) is 14.9 Å². The van der Waals surface area contributed by atoms with Crippen LogP contribution in [0.25, 0.3) is 0 Å². The van der Waals surface area contributed by atoms with Crippen molar-refractivity contribution < 1.29 is 9.47 Å². The first-order valence-corrected chi connectivity index (χ1v) is 11.0. The minimum atomic E-state index is 0.00687. The second-order valence-electron chi connectivity index (χ2n) is 8.54. The van der Waals surface area contributed by atoms with Crippen molar-refractivity contribution in [2.45, 2.75) is 33.2 Å². The fraction of sp³-hybridized carbons (Fsp3) is 0.565. The molecule has 2 aromatic rings. The molecule has 2 aliphatic heterocycles. The highest BCUT2D eigenvalue weighted by Gasteiger charge is 2.21. The number of ether oxygens (including phenoxy) is 2. The van der Waals surface area contributed by atoms with Gasteiger partial charge in [0.15, 0.2) is 0 Å². The number of nitrogens with zero attached hydrogens (tertiary/aromatic N) is 3. The Hall–Kier alpha value is -2.38. The van der Waals surface area contributed by atoms with Gasteiger partial charge in [-0.05, 0) is 30.0 Å². The van der Waals surface area contributed by atoms with Gasteiger partial charge >= 0.3 is 0 Å². The molecule has 1 fully saturated rings. The van der Waals surface area contributed by atoms with Crippen LogP contribution in [0.15, 0.2) is 29.1 Å². The van der Waals surface area contributed by atoms with Crippen molar-refractivity contribution in [1.29, 1.82) is 0 Å². The molecule has 0 unspecified atom stereocenters. The normalized spacial score (nSPS) is 17.6. The standard InChI is InChI=1S/C23H32N4O3/c1-17(2)16-30-19-5-3-4-18(14-19)15-26-8-6-20-21(7-9-26)24-23(25-22(20)28)27-10-12-29-13-11-27/h3-5,14,17H,6-13,15-16H2,1-2H3,(H,24,25,28). The summed E-state index contributed by atoms with van der Waals surface area (Å²) in [4.78, 5) is 25.1. The number of morpholine rings is 1. The Balaban J connectivity index is 1.42. The maximum atomic E-state index is 12.7. The summed E-state index contributed by atoms with van der Waals surface area (Å²) in [5.41, 5.74) is 3.02. The number of hydrogen-bond donors (Lipinski definition) is 1. The van der Waals surface area contributed by atoms with Crippen molar-refractivity contribution in [3.8, 4) is 5.75 Å². The first kappa shape index (κ1) is 20.9. The molecule has 0 saturated carbocycles. The van der Waals surface area contributed by atoms with Gasteiger partial charge in [-0.25, -0.2) is 4.98 Å². The van der Waals surface area contributed by atoms with Crippen LogP contribution in [0.1, 0.15) is 30.7 Å². The van der Waals surface area contributed by atoms with E-state index in [1.807, 2.05) is 6.07 Å². The Bertz CT molecular complexity index is 906. The van der Waals surface area contributed by atoms with Crippen LogP contribution in [0.2, 0.25) is 0 Å². The van der Waals surface area contributed by atoms with E-state index in [1.165, 1.54) is 5.56 Å². The molecule has 30 heavy (non-hydrogen) atoms. The Morgan fingerprint density at radius 2 is 1.97 bits per heavy atom. The van der Waals surface area contributed by atoms with Crippen molar-refractivity contribution in [3.05, 3.63) is 51.4 Å². The lowest BCUT2D eigenvalue weighted by molar-refractivity contribution is 0.122. The lowest BCUT2D eigenvalue weighted by Crippen LogP contribution is -2.38. The molecule has 2 aliphatic rings. The van der Waals surface area contributed by atoms with Gasteiger partial charge in [0.05, 0.1) is 25.5 Å². The van der Waals surface area contributed by atoms with Crippen LogP contribution >= 0.6 is 0 Å². The predicted molar refractivity (Wildman–Crippen MR) is 117 cm³/mol. The molecule has 7 nitrogen and oxygen atoms in total. The van der Waals surface area contributed by atoms with Crippen LogP contribution < -0.4 is 15.2 Å². The summed E-state index contributed by atoms with van der Waals surface area (Å²) < 4.78 is 11.3. The molecule has 0 amide bonds. The minimum absolute atomic E-state index is 0.00687. The molecule has 0 aliphatic carbocycles. The summed E-state index contributed by atoms with van der Waals surface area (Å²) in [6.45, 7) is 10.5. The van der Waals surface area contributed by atoms with Crippen molar-refractivity contribution in [2.24, 2.45) is 5.92 Å². The number of aromatic nitrogens is 2. The molecular weight excluding hydrogens is 380 g/mol. The second kappa shape index (κ2) is 9.62. The molecule has 0 spiro atoms. The highest BCUT2D eigenvalue weighted by molar-refractivity contribution is 5.35. The molecule has 0 radical (unpaired) electrons. The fourth-order valence-electron chi connectivity index (χ4n) is 3.98. The highest BCUT2D eigenvalue weighted by atomic mass is 16.5. The summed E-state index contributed by atoms with van der Waals surface area (Å²) >= 11 is 0. The summed E-state index contributed by atoms with van der Waals surface area (Å²) in [6, 6.07) is 8.34. The Labute approximate surface area is 178 Å². The zero-order valence-corrected chi connectivity index (χ0v) is 18.0. The van der Waals surface area contributed by atoms with Gasteiger partial charge < -0.3 is 14.4 Å². The molecule has 1 aromatic heterocycles. The van der Waals surface area contributed by atoms with Gasteiger partial charge in [0.2, 0.25) is 5.95 Å². The molecule has 162 valence electrons. The van der Waals surface area contributed by atoms with Gasteiger partial charge in [0.25, 0.3) is 5.56 Å². The van der Waals surface area contributed by atoms with Gasteiger partial charge in [-0.3, -0.25) is 14.7 Å². The van der Waals surface area contributed by atoms with Gasteiger partial charge in [-0.15, -0.1) is 0 Å². The number of benzene rings is 1. The van der Waals surface area contributed by atoms with E-state index in [-0.39, 0.29) is 5.56 Å². The summed E-state index contributed by atoms with van der Waals surface area (Å²) in [5, 5.41) is 0. The lowest BCUT2D eigenvalue weighted by atomic mass is 10.1. The van der Waals surface area contributed by atoms with E-state index in [4.69, 9.17) is 14.5 Å². The number of rotatable bonds is 6. The van der Waals surface area contributed by atoms with Crippen LogP contribution in [0.3, 0.4) is 0 Å². The molecule has 1 N–H and O–H groups in total. The van der Waals surface area contributed by atoms with Crippen molar-refractivity contribution in [3.63, 3.8) is 0 Å². The lowest BCUT2D eigenvalue weighted by Gasteiger charge is -2.27. The third kappa shape index (κ3) is 5.21. The Kier molecular flexibility index (Phi) is 6.69. The van der Waals surface area contributed by atoms with Gasteiger partial charge in [0, 0.05) is 44.7 Å². The molecular formula is C23H32N4O3. The topological polar surface area (TPSA) is 70.7 Å². The van der Waals surface area contributed by atoms with Crippen LogP contribution in [0.4, 0.5) is 5.95 Å². The number of H-pyrrole nitrogens is 1. The number of nitrogens with one attached hydrogen (secondary N) is 1. The van der Waals surface area contributed by atoms with Gasteiger partial charge in [0.1, 0.15) is 5.75 Å². The first-order valence-electron chi connectivity index (χ1n) is 11.0. The van der Waals surface area contributed by atoms with E-state index >= 15 is 0 Å². The van der Waals surface area contributed by atoms with Crippen LogP contribution in [0, 0.1) is 5.92 Å². The highest BCUT2D eigenvalue weighted by Crippen LogP contribution is 2.19. The number of aromatic amines is 1. The van der Waals surface area contributed by atoms with E-state index < -0.39 is 0 Å². The van der Waals surface area contributed by atoms with Crippen LogP contribution in [0.5, 0.6) is 5.75 Å². The van der Waals surface area contributed by atoms with Crippen LogP contribution in [-0.2, 0) is 24.1 Å². The molecule has 1 aromatic carbocycles. The predicted octanol–water partition coefficient (Wildman–Crippen LogP) is 2.24. The average molecular weight is 413 g/mol. The van der Waals surface area contributed by atoms with E-state index in [1.54, 1.807) is 0 Å². The zero-order chi connectivity index (χ0) is 20.9. The summed E-state index contributed by atoms with van der Waals surface area (Å²) in [6.07, 6.45) is 1.52. The zero-order valence-electron chi connectivity index (χ0n) is 18.0. The van der Waals surface area contributed by atoms with Crippen molar-refractivity contribution >= 4 is 5.95 Å². The molecule has 1 saturated heterocycles. The number of hydrogen-bond acceptors (Lipinski definition) is 6. The van der Waals surface area contributed by atoms with Crippen LogP contribution in [-0.4, -0.2) is 60.9 Å². The smallest absolute Gasteiger partial charge is 0.255 e. The Morgan fingerprint density at radius 3 is 2.77 bits per heavy atom. The molecule has 4 rings (SSSR count). The fourth-order valence-corrected chi connectivity index (χ4v) is 3.98. The van der Waals surface area contributed by atoms with Crippen molar-refractivity contribution in [2.75, 3.05) is 50.9 Å². The van der Waals surface area contributed by atoms with Gasteiger partial charge in [-0.2, -0.15) is 0 Å². The van der Waals surface area contributed by atoms with Gasteiger partial charge in [-0.1, -0.05) is 26.0 Å². The van der Waals surface area contributed by atoms with E-state index in [9.17, 15) is 4.79 Å². The largest absolute Gasteiger partial charge is 0.493 e. The molecule has 3 heterocycles. The average Bonchev–Trinajstić information content (AvgIpc) is 2.96. The first-order chi connectivity index (χ1) is 14.6. The SMILES string of the molecule is CC(C)COc1cccc(CN2CCc3nc(N4CCOCC4)[nH]c(=O)c3CC2)c1. The monoisotopic (exact) mass is 412 g/mol. The Morgan fingerprint density at radius 1 is 1.17 bits per heavy atom. The maximum absolute atomic E-state index is 12.7. The molecule has 0 bridgehead atoms. The maximum Gasteiger partial charge on any atom is 0.255 e.